The summed E-state index contributed by atoms with van der Waals surface area (Å²) in [6.07, 6.45) is 3.97. The van der Waals surface area contributed by atoms with Gasteiger partial charge in [-0.3, -0.25) is 9.69 Å². The number of fused-ring (bicyclic) bond motifs is 4. The fraction of sp³-hybridized carbons (Fsp3) is 0.476. The second-order valence-corrected chi connectivity index (χ2v) is 7.84. The topological polar surface area (TPSA) is 54.7 Å². The SMILES string of the molecule is C/C=C1/CN2[C@H]3C[C@@H]1[C@H](C(=O)OC)[C@@H]2Cc1c3n(C)c2ccc(O)cc12. The summed E-state index contributed by atoms with van der Waals surface area (Å²) in [6, 6.07) is 6.12. The fourth-order valence-corrected chi connectivity index (χ4v) is 5.82. The molecule has 136 valence electrons. The Morgan fingerprint density at radius 2 is 2.19 bits per heavy atom. The number of nitrogens with zero attached hydrogens (tertiary/aromatic N) is 2. The van der Waals surface area contributed by atoms with Crippen LogP contribution in [0.3, 0.4) is 0 Å². The van der Waals surface area contributed by atoms with Gasteiger partial charge in [0.2, 0.25) is 0 Å². The Bertz CT molecular complexity index is 958. The molecule has 4 aliphatic heterocycles. The first kappa shape index (κ1) is 15.9. The average Bonchev–Trinajstić information content (AvgIpc) is 2.92. The molecule has 5 heterocycles. The normalized spacial score (nSPS) is 33.5. The van der Waals surface area contributed by atoms with Gasteiger partial charge in [-0.25, -0.2) is 0 Å². The van der Waals surface area contributed by atoms with E-state index in [0.717, 1.165) is 30.3 Å². The molecular weight excluding hydrogens is 328 g/mol. The van der Waals surface area contributed by atoms with Crippen LogP contribution < -0.4 is 0 Å². The summed E-state index contributed by atoms with van der Waals surface area (Å²) in [4.78, 5) is 15.1. The monoisotopic (exact) mass is 352 g/mol. The zero-order chi connectivity index (χ0) is 18.2. The zero-order valence-electron chi connectivity index (χ0n) is 15.4. The maximum Gasteiger partial charge on any atom is 0.310 e. The van der Waals surface area contributed by atoms with Gasteiger partial charge in [0.05, 0.1) is 19.1 Å². The highest BCUT2D eigenvalue weighted by Gasteiger charge is 2.55. The second kappa shape index (κ2) is 5.36. The van der Waals surface area contributed by atoms with Crippen molar-refractivity contribution in [1.82, 2.24) is 9.47 Å². The minimum Gasteiger partial charge on any atom is -0.508 e. The Morgan fingerprint density at radius 1 is 1.38 bits per heavy atom. The van der Waals surface area contributed by atoms with E-state index < -0.39 is 0 Å². The summed E-state index contributed by atoms with van der Waals surface area (Å²) in [5.74, 6) is 0.377. The Hall–Kier alpha value is -2.27. The van der Waals surface area contributed by atoms with E-state index in [1.165, 1.54) is 23.9 Å². The number of piperidine rings is 3. The van der Waals surface area contributed by atoms with Gasteiger partial charge in [-0.05, 0) is 49.4 Å². The summed E-state index contributed by atoms with van der Waals surface area (Å²) < 4.78 is 7.47. The van der Waals surface area contributed by atoms with E-state index in [-0.39, 0.29) is 23.8 Å². The van der Waals surface area contributed by atoms with Crippen LogP contribution in [0, 0.1) is 11.8 Å². The number of phenolic OH excluding ortho intramolecular Hbond substituents is 1. The third-order valence-corrected chi connectivity index (χ3v) is 6.90. The molecular formula is C21H24N2O3. The number of rotatable bonds is 1. The number of carbonyl (C=O) groups is 1. The minimum atomic E-state index is -0.100. The molecule has 4 bridgehead atoms. The largest absolute Gasteiger partial charge is 0.508 e. The molecule has 1 unspecified atom stereocenters. The highest BCUT2D eigenvalue weighted by Crippen LogP contribution is 2.55. The van der Waals surface area contributed by atoms with Gasteiger partial charge in [-0.15, -0.1) is 0 Å². The average molecular weight is 352 g/mol. The first-order chi connectivity index (χ1) is 12.5. The molecule has 0 radical (unpaired) electrons. The lowest BCUT2D eigenvalue weighted by atomic mass is 9.64. The van der Waals surface area contributed by atoms with Crippen LogP contribution in [0.5, 0.6) is 5.75 Å². The number of esters is 1. The van der Waals surface area contributed by atoms with Crippen molar-refractivity contribution >= 4 is 16.9 Å². The summed E-state index contributed by atoms with van der Waals surface area (Å²) in [7, 11) is 3.62. The molecule has 4 aliphatic rings. The Morgan fingerprint density at radius 3 is 2.92 bits per heavy atom. The van der Waals surface area contributed by atoms with Crippen LogP contribution in [-0.2, 0) is 23.0 Å². The molecule has 5 atom stereocenters. The molecule has 1 aromatic carbocycles. The fourth-order valence-electron chi connectivity index (χ4n) is 5.82. The van der Waals surface area contributed by atoms with Gasteiger partial charge >= 0.3 is 5.97 Å². The van der Waals surface area contributed by atoms with Crippen molar-refractivity contribution in [3.63, 3.8) is 0 Å². The van der Waals surface area contributed by atoms with E-state index in [2.05, 4.69) is 29.5 Å². The van der Waals surface area contributed by atoms with Gasteiger partial charge < -0.3 is 14.4 Å². The maximum absolute atomic E-state index is 12.6. The lowest BCUT2D eigenvalue weighted by Gasteiger charge is -2.57. The first-order valence-electron chi connectivity index (χ1n) is 9.34. The summed E-state index contributed by atoms with van der Waals surface area (Å²) in [5.41, 5.74) is 5.16. The van der Waals surface area contributed by atoms with Crippen molar-refractivity contribution in [1.29, 1.82) is 0 Å². The minimum absolute atomic E-state index is 0.0889. The summed E-state index contributed by atoms with van der Waals surface area (Å²) >= 11 is 0. The maximum atomic E-state index is 12.6. The number of hydrogen-bond donors (Lipinski definition) is 1. The Kier molecular flexibility index (Phi) is 3.29. The summed E-state index contributed by atoms with van der Waals surface area (Å²) in [5, 5.41) is 11.1. The number of allylic oxidation sites excluding steroid dienone is 1. The molecule has 3 saturated heterocycles. The molecule has 2 aromatic rings. The van der Waals surface area contributed by atoms with Gasteiger partial charge in [0, 0.05) is 36.2 Å². The van der Waals surface area contributed by atoms with Crippen LogP contribution in [-0.4, -0.2) is 40.2 Å². The van der Waals surface area contributed by atoms with Crippen molar-refractivity contribution in [3.05, 3.63) is 41.1 Å². The number of benzene rings is 1. The lowest BCUT2D eigenvalue weighted by molar-refractivity contribution is -0.157. The van der Waals surface area contributed by atoms with Crippen molar-refractivity contribution in [2.45, 2.75) is 31.8 Å². The molecule has 0 spiro atoms. The first-order valence-corrected chi connectivity index (χ1v) is 9.34. The van der Waals surface area contributed by atoms with E-state index in [1.54, 1.807) is 6.07 Å². The van der Waals surface area contributed by atoms with Gasteiger partial charge in [0.1, 0.15) is 5.75 Å². The van der Waals surface area contributed by atoms with Gasteiger partial charge in [0.15, 0.2) is 0 Å². The highest BCUT2D eigenvalue weighted by molar-refractivity contribution is 5.88. The molecule has 6 rings (SSSR count). The van der Waals surface area contributed by atoms with Crippen LogP contribution in [0.4, 0.5) is 0 Å². The molecule has 1 aromatic heterocycles. The molecule has 5 nitrogen and oxygen atoms in total. The smallest absolute Gasteiger partial charge is 0.310 e. The van der Waals surface area contributed by atoms with Crippen molar-refractivity contribution in [2.75, 3.05) is 13.7 Å². The molecule has 26 heavy (non-hydrogen) atoms. The Labute approximate surface area is 152 Å². The summed E-state index contributed by atoms with van der Waals surface area (Å²) in [6.45, 7) is 3.02. The molecule has 1 N–H and O–H groups in total. The van der Waals surface area contributed by atoms with Crippen LogP contribution in [0.2, 0.25) is 0 Å². The second-order valence-electron chi connectivity index (χ2n) is 7.84. The highest BCUT2D eigenvalue weighted by atomic mass is 16.5. The molecule has 3 fully saturated rings. The van der Waals surface area contributed by atoms with Crippen LogP contribution >= 0.6 is 0 Å². The van der Waals surface area contributed by atoms with E-state index in [9.17, 15) is 9.90 Å². The van der Waals surface area contributed by atoms with Crippen LogP contribution in [0.15, 0.2) is 29.8 Å². The number of carbonyl (C=O) groups excluding carboxylic acids is 1. The van der Waals surface area contributed by atoms with Gasteiger partial charge in [0.25, 0.3) is 0 Å². The molecule has 0 amide bonds. The van der Waals surface area contributed by atoms with Gasteiger partial charge in [-0.2, -0.15) is 0 Å². The third-order valence-electron chi connectivity index (χ3n) is 6.90. The molecule has 0 aliphatic carbocycles. The van der Waals surface area contributed by atoms with E-state index >= 15 is 0 Å². The number of aryl methyl sites for hydroxylation is 1. The standard InChI is InChI=1S/C21H24N2O3/c1-4-11-10-23-17-9-15-14-7-12(24)5-6-16(14)22(2)20(15)18(23)8-13(11)19(17)21(25)26-3/h4-7,13,17-19,24H,8-10H2,1-3H3/b11-4-/t13-,17-,18-,19-/m0/s1. The van der Waals surface area contributed by atoms with Crippen molar-refractivity contribution < 1.29 is 14.6 Å². The number of aromatic hydroxyl groups is 1. The Balaban J connectivity index is 1.71. The predicted molar refractivity (Wildman–Crippen MR) is 98.9 cm³/mol. The zero-order valence-corrected chi connectivity index (χ0v) is 15.4. The van der Waals surface area contributed by atoms with E-state index in [4.69, 9.17) is 4.74 Å². The number of aromatic nitrogens is 1. The lowest BCUT2D eigenvalue weighted by Crippen LogP contribution is -2.62. The number of ether oxygens (including phenoxy) is 1. The number of phenols is 1. The quantitative estimate of drug-likeness (QED) is 0.633. The predicted octanol–water partition coefficient (Wildman–Crippen LogP) is 2.92. The van der Waals surface area contributed by atoms with Crippen LogP contribution in [0.1, 0.15) is 30.6 Å². The third kappa shape index (κ3) is 1.87. The van der Waals surface area contributed by atoms with Crippen LogP contribution in [0.25, 0.3) is 10.9 Å². The number of hydrogen-bond acceptors (Lipinski definition) is 4. The van der Waals surface area contributed by atoms with E-state index in [1.807, 2.05) is 12.1 Å². The molecule has 0 saturated carbocycles. The molecule has 5 heteroatoms. The number of methoxy groups -OCH3 is 1. The van der Waals surface area contributed by atoms with Crippen molar-refractivity contribution in [3.8, 4) is 5.75 Å². The van der Waals surface area contributed by atoms with E-state index in [0.29, 0.717) is 11.8 Å². The van der Waals surface area contributed by atoms with Gasteiger partial charge in [-0.1, -0.05) is 11.6 Å². The van der Waals surface area contributed by atoms with Crippen molar-refractivity contribution in [2.24, 2.45) is 18.9 Å².